The Labute approximate surface area is 146 Å². The number of carbonyl (C=O) groups is 1. The smallest absolute Gasteiger partial charge is 0.251 e. The number of hydrogen-bond acceptors (Lipinski definition) is 5. The Morgan fingerprint density at radius 1 is 1.33 bits per heavy atom. The Kier molecular flexibility index (Phi) is 5.48. The van der Waals surface area contributed by atoms with Crippen molar-refractivity contribution in [1.82, 2.24) is 10.3 Å². The van der Waals surface area contributed by atoms with Gasteiger partial charge in [0.05, 0.1) is 18.8 Å². The van der Waals surface area contributed by atoms with E-state index in [2.05, 4.69) is 10.6 Å². The third-order valence-electron chi connectivity index (χ3n) is 4.30. The fourth-order valence-electron chi connectivity index (χ4n) is 2.99. The molecule has 0 saturated heterocycles. The van der Waals surface area contributed by atoms with E-state index in [1.54, 1.807) is 17.4 Å². The highest BCUT2D eigenvalue weighted by molar-refractivity contribution is 7.11. The first-order chi connectivity index (χ1) is 11.7. The molecule has 0 atom stereocenters. The van der Waals surface area contributed by atoms with Crippen LogP contribution in [0.2, 0.25) is 0 Å². The number of nitrogens with one attached hydrogen (secondary N) is 2. The van der Waals surface area contributed by atoms with Crippen molar-refractivity contribution in [3.8, 4) is 0 Å². The summed E-state index contributed by atoms with van der Waals surface area (Å²) in [7, 11) is 0. The van der Waals surface area contributed by atoms with Gasteiger partial charge in [-0.25, -0.2) is 4.98 Å². The van der Waals surface area contributed by atoms with Crippen molar-refractivity contribution in [2.45, 2.75) is 39.2 Å². The minimum absolute atomic E-state index is 0.0581. The van der Waals surface area contributed by atoms with E-state index in [1.165, 1.54) is 23.4 Å². The van der Waals surface area contributed by atoms with Gasteiger partial charge in [-0.2, -0.15) is 0 Å². The van der Waals surface area contributed by atoms with Crippen LogP contribution in [0.5, 0.6) is 0 Å². The molecule has 0 aliphatic heterocycles. The summed E-state index contributed by atoms with van der Waals surface area (Å²) in [5, 5.41) is 16.0. The second-order valence-electron chi connectivity index (χ2n) is 6.00. The van der Waals surface area contributed by atoms with Gasteiger partial charge >= 0.3 is 0 Å². The number of aromatic nitrogens is 1. The summed E-state index contributed by atoms with van der Waals surface area (Å²) >= 11 is 1.80. The normalized spacial score (nSPS) is 13.4. The Hall–Kier alpha value is -1.92. The zero-order valence-corrected chi connectivity index (χ0v) is 14.7. The Balaban J connectivity index is 1.69. The molecule has 1 aromatic heterocycles. The van der Waals surface area contributed by atoms with E-state index in [4.69, 9.17) is 10.1 Å². The molecule has 2 aromatic rings. The fraction of sp³-hybridized carbons (Fsp3) is 0.444. The van der Waals surface area contributed by atoms with Crippen molar-refractivity contribution in [3.63, 3.8) is 0 Å². The van der Waals surface area contributed by atoms with Gasteiger partial charge in [-0.3, -0.25) is 4.79 Å². The number of nitrogens with zero attached hydrogens (tertiary/aromatic N) is 1. The van der Waals surface area contributed by atoms with Crippen LogP contribution in [0, 0.1) is 6.92 Å². The molecule has 0 saturated carbocycles. The maximum atomic E-state index is 12.1. The molecule has 0 radical (unpaired) electrons. The molecular weight excluding hydrogens is 322 g/mol. The summed E-state index contributed by atoms with van der Waals surface area (Å²) in [6, 6.07) is 5.65. The number of rotatable bonds is 6. The van der Waals surface area contributed by atoms with Crippen LogP contribution in [-0.2, 0) is 19.4 Å². The van der Waals surface area contributed by atoms with Crippen molar-refractivity contribution in [1.29, 1.82) is 0 Å². The van der Waals surface area contributed by atoms with E-state index < -0.39 is 0 Å². The lowest BCUT2D eigenvalue weighted by Gasteiger charge is -2.12. The van der Waals surface area contributed by atoms with E-state index in [0.717, 1.165) is 29.1 Å². The van der Waals surface area contributed by atoms with Crippen LogP contribution in [0.4, 0.5) is 5.69 Å². The van der Waals surface area contributed by atoms with Crippen LogP contribution < -0.4 is 10.6 Å². The van der Waals surface area contributed by atoms with E-state index in [1.807, 2.05) is 19.1 Å². The van der Waals surface area contributed by atoms with Crippen molar-refractivity contribution < 1.29 is 9.90 Å². The minimum atomic E-state index is -0.157. The average Bonchev–Trinajstić information content (AvgIpc) is 3.01. The molecule has 1 aliphatic carbocycles. The topological polar surface area (TPSA) is 74.2 Å². The first-order valence-corrected chi connectivity index (χ1v) is 9.20. The molecule has 0 unspecified atom stereocenters. The molecule has 3 N–H and O–H groups in total. The Bertz CT molecular complexity index is 704. The SMILES string of the molecule is Cc1c(NCc2nc3c(s2)CCCC3)cccc1C(=O)NCCO. The van der Waals surface area contributed by atoms with Crippen LogP contribution in [0.1, 0.15) is 44.3 Å². The van der Waals surface area contributed by atoms with Crippen LogP contribution in [0.3, 0.4) is 0 Å². The summed E-state index contributed by atoms with van der Waals surface area (Å²) in [5.74, 6) is -0.157. The highest BCUT2D eigenvalue weighted by atomic mass is 32.1. The number of anilines is 1. The predicted octanol–water partition coefficient (Wildman–Crippen LogP) is 2.66. The van der Waals surface area contributed by atoms with Gasteiger partial charge in [0, 0.05) is 22.7 Å². The molecule has 24 heavy (non-hydrogen) atoms. The van der Waals surface area contributed by atoms with E-state index in [-0.39, 0.29) is 19.1 Å². The molecule has 1 aromatic carbocycles. The third kappa shape index (κ3) is 3.76. The maximum absolute atomic E-state index is 12.1. The van der Waals surface area contributed by atoms with Crippen molar-refractivity contribution in [3.05, 3.63) is 44.9 Å². The predicted molar refractivity (Wildman–Crippen MR) is 96.7 cm³/mol. The number of carbonyl (C=O) groups excluding carboxylic acids is 1. The molecule has 0 bridgehead atoms. The molecule has 3 rings (SSSR count). The molecular formula is C18H23N3O2S. The highest BCUT2D eigenvalue weighted by Gasteiger charge is 2.15. The molecule has 128 valence electrons. The molecule has 6 heteroatoms. The monoisotopic (exact) mass is 345 g/mol. The number of amides is 1. The number of aliphatic hydroxyl groups is 1. The molecule has 1 aliphatic rings. The first kappa shape index (κ1) is 16.9. The van der Waals surface area contributed by atoms with E-state index >= 15 is 0 Å². The number of benzene rings is 1. The number of thiazole rings is 1. The van der Waals surface area contributed by atoms with Crippen LogP contribution in [0.15, 0.2) is 18.2 Å². The van der Waals surface area contributed by atoms with Gasteiger partial charge in [0.15, 0.2) is 0 Å². The Morgan fingerprint density at radius 2 is 2.17 bits per heavy atom. The van der Waals surface area contributed by atoms with Crippen molar-refractivity contribution in [2.75, 3.05) is 18.5 Å². The first-order valence-electron chi connectivity index (χ1n) is 8.39. The minimum Gasteiger partial charge on any atom is -0.395 e. The number of aliphatic hydroxyl groups excluding tert-OH is 1. The van der Waals surface area contributed by atoms with Crippen LogP contribution in [-0.4, -0.2) is 29.1 Å². The largest absolute Gasteiger partial charge is 0.395 e. The quantitative estimate of drug-likeness (QED) is 0.752. The van der Waals surface area contributed by atoms with E-state index in [9.17, 15) is 4.79 Å². The van der Waals surface area contributed by atoms with Crippen molar-refractivity contribution in [2.24, 2.45) is 0 Å². The standard InChI is InChI=1S/C18H23N3O2S/c1-12-13(18(23)19-9-10-22)5-4-7-14(12)20-11-17-21-15-6-2-3-8-16(15)24-17/h4-5,7,20,22H,2-3,6,8-11H2,1H3,(H,19,23). The molecule has 0 fully saturated rings. The van der Waals surface area contributed by atoms with Gasteiger partial charge in [-0.15, -0.1) is 11.3 Å². The zero-order valence-electron chi connectivity index (χ0n) is 13.9. The van der Waals surface area contributed by atoms with Gasteiger partial charge in [-0.1, -0.05) is 6.07 Å². The summed E-state index contributed by atoms with van der Waals surface area (Å²) < 4.78 is 0. The molecule has 5 nitrogen and oxygen atoms in total. The second-order valence-corrected chi connectivity index (χ2v) is 7.16. The van der Waals surface area contributed by atoms with E-state index in [0.29, 0.717) is 12.1 Å². The van der Waals surface area contributed by atoms with Gasteiger partial charge in [0.25, 0.3) is 5.91 Å². The second kappa shape index (κ2) is 7.77. The summed E-state index contributed by atoms with van der Waals surface area (Å²) in [6.45, 7) is 2.82. The van der Waals surface area contributed by atoms with Crippen LogP contribution in [0.25, 0.3) is 0 Å². The third-order valence-corrected chi connectivity index (χ3v) is 5.45. The lowest BCUT2D eigenvalue weighted by Crippen LogP contribution is -2.27. The Morgan fingerprint density at radius 3 is 2.96 bits per heavy atom. The lowest BCUT2D eigenvalue weighted by atomic mass is 10.0. The van der Waals surface area contributed by atoms with Gasteiger partial charge in [0.2, 0.25) is 0 Å². The average molecular weight is 345 g/mol. The molecule has 0 spiro atoms. The summed E-state index contributed by atoms with van der Waals surface area (Å²) in [6.07, 6.45) is 4.78. The van der Waals surface area contributed by atoms with Gasteiger partial charge < -0.3 is 15.7 Å². The number of aryl methyl sites for hydroxylation is 2. The van der Waals surface area contributed by atoms with Gasteiger partial charge in [0.1, 0.15) is 5.01 Å². The summed E-state index contributed by atoms with van der Waals surface area (Å²) in [4.78, 5) is 18.3. The lowest BCUT2D eigenvalue weighted by molar-refractivity contribution is 0.0944. The molecule has 1 amide bonds. The maximum Gasteiger partial charge on any atom is 0.251 e. The fourth-order valence-corrected chi connectivity index (χ4v) is 4.09. The molecule has 1 heterocycles. The summed E-state index contributed by atoms with van der Waals surface area (Å²) in [5.41, 5.74) is 3.76. The number of fused-ring (bicyclic) bond motifs is 1. The highest BCUT2D eigenvalue weighted by Crippen LogP contribution is 2.27. The van der Waals surface area contributed by atoms with Crippen LogP contribution >= 0.6 is 11.3 Å². The number of hydrogen-bond donors (Lipinski definition) is 3. The van der Waals surface area contributed by atoms with Crippen molar-refractivity contribution >= 4 is 22.9 Å². The van der Waals surface area contributed by atoms with Gasteiger partial charge in [-0.05, 0) is 50.3 Å². The zero-order chi connectivity index (χ0) is 16.9.